The number of nitrogen functional groups attached to an aromatic ring is 1. The van der Waals surface area contributed by atoms with Gasteiger partial charge in [0.2, 0.25) is 0 Å². The number of benzene rings is 1. The Kier molecular flexibility index (Phi) is 5.61. The second-order valence-electron chi connectivity index (χ2n) is 5.03. The van der Waals surface area contributed by atoms with E-state index in [-0.39, 0.29) is 16.9 Å². The van der Waals surface area contributed by atoms with Gasteiger partial charge in [0.25, 0.3) is 0 Å². The minimum Gasteiger partial charge on any atom is -0.478 e. The first-order valence-electron chi connectivity index (χ1n) is 6.75. The van der Waals surface area contributed by atoms with Crippen LogP contribution in [0.15, 0.2) is 63.2 Å². The van der Waals surface area contributed by atoms with Crippen molar-refractivity contribution in [3.63, 3.8) is 0 Å². The van der Waals surface area contributed by atoms with Crippen molar-refractivity contribution >= 4 is 55.2 Å². The van der Waals surface area contributed by atoms with E-state index < -0.39 is 16.4 Å². The number of nitrogens with zero attached hydrogens (tertiary/aromatic N) is 1. The number of anilines is 1. The lowest BCUT2D eigenvalue weighted by Gasteiger charge is -2.16. The third-order valence-corrected chi connectivity index (χ3v) is 4.11. The lowest BCUT2D eigenvalue weighted by molar-refractivity contribution is -0.132. The lowest BCUT2D eigenvalue weighted by atomic mass is 10.0. The number of carboxylic acid groups (broad SMARTS) is 2. The smallest absolute Gasteiger partial charge is 0.354 e. The molecule has 0 radical (unpaired) electrons. The van der Waals surface area contributed by atoms with Gasteiger partial charge in [-0.1, -0.05) is 15.9 Å². The quantitative estimate of drug-likeness (QED) is 0.387. The van der Waals surface area contributed by atoms with Gasteiger partial charge in [0, 0.05) is 15.7 Å². The molecule has 9 heteroatoms. The maximum atomic E-state index is 10.6. The summed E-state index contributed by atoms with van der Waals surface area (Å²) in [7, 11) is 0. The standard InChI is InChI=1S/C9H6BrNO3.C7H6BrNO2/c10-9(14)2-1-6-5(4-9)3-7(11-6)8(12)13;8-4-1-2-5(7(10)11)6(9)3-4/h1-4,14H,(H,12,13);1-3H,9H2,(H,10,11). The Morgan fingerprint density at radius 2 is 1.88 bits per heavy atom. The molecule has 0 aromatic heterocycles. The maximum Gasteiger partial charge on any atom is 0.354 e. The van der Waals surface area contributed by atoms with Crippen LogP contribution < -0.4 is 5.73 Å². The molecule has 1 aromatic rings. The molecule has 2 aliphatic rings. The van der Waals surface area contributed by atoms with Gasteiger partial charge in [0.1, 0.15) is 5.70 Å². The van der Waals surface area contributed by atoms with Gasteiger partial charge in [-0.15, -0.1) is 0 Å². The number of nitrogens with two attached hydrogens (primary N) is 1. The van der Waals surface area contributed by atoms with E-state index in [9.17, 15) is 14.7 Å². The zero-order chi connectivity index (χ0) is 18.8. The highest BCUT2D eigenvalue weighted by Crippen LogP contribution is 2.29. The van der Waals surface area contributed by atoms with Crippen LogP contribution >= 0.6 is 31.9 Å². The number of aliphatic imine (C=N–C) groups is 1. The Morgan fingerprint density at radius 1 is 1.20 bits per heavy atom. The normalized spacial score (nSPS) is 20.5. The average Bonchev–Trinajstić information content (AvgIpc) is 2.89. The third kappa shape index (κ3) is 4.88. The molecular formula is C16H12Br2N2O5. The highest BCUT2D eigenvalue weighted by molar-refractivity contribution is 9.10. The minimum absolute atomic E-state index is 0.0129. The van der Waals surface area contributed by atoms with Gasteiger partial charge in [-0.3, -0.25) is 0 Å². The molecule has 0 spiro atoms. The largest absolute Gasteiger partial charge is 0.478 e. The van der Waals surface area contributed by atoms with Gasteiger partial charge >= 0.3 is 11.9 Å². The molecule has 1 heterocycles. The van der Waals surface area contributed by atoms with Gasteiger partial charge in [-0.05, 0) is 58.4 Å². The number of halogens is 2. The van der Waals surface area contributed by atoms with E-state index in [1.54, 1.807) is 18.2 Å². The van der Waals surface area contributed by atoms with Crippen LogP contribution in [0.4, 0.5) is 5.69 Å². The van der Waals surface area contributed by atoms with Gasteiger partial charge in [-0.25, -0.2) is 14.6 Å². The van der Waals surface area contributed by atoms with Crippen LogP contribution in [-0.2, 0) is 4.79 Å². The second-order valence-corrected chi connectivity index (χ2v) is 7.22. The zero-order valence-corrected chi connectivity index (χ0v) is 15.7. The van der Waals surface area contributed by atoms with Gasteiger partial charge in [-0.2, -0.15) is 0 Å². The first kappa shape index (κ1) is 19.1. The highest BCUT2D eigenvalue weighted by atomic mass is 79.9. The van der Waals surface area contributed by atoms with E-state index in [4.69, 9.17) is 15.9 Å². The van der Waals surface area contributed by atoms with E-state index in [1.807, 2.05) is 0 Å². The monoisotopic (exact) mass is 470 g/mol. The first-order chi connectivity index (χ1) is 11.6. The van der Waals surface area contributed by atoms with Crippen LogP contribution in [0.2, 0.25) is 0 Å². The molecule has 0 bridgehead atoms. The Morgan fingerprint density at radius 3 is 2.44 bits per heavy atom. The van der Waals surface area contributed by atoms with Crippen molar-refractivity contribution in [3.8, 4) is 0 Å². The average molecular weight is 472 g/mol. The van der Waals surface area contributed by atoms with Crippen molar-refractivity contribution in [2.24, 2.45) is 4.99 Å². The first-order valence-corrected chi connectivity index (χ1v) is 8.33. The van der Waals surface area contributed by atoms with Crippen molar-refractivity contribution in [3.05, 3.63) is 63.8 Å². The Labute approximate surface area is 159 Å². The number of allylic oxidation sites excluding steroid dienone is 3. The Bertz CT molecular complexity index is 869. The lowest BCUT2D eigenvalue weighted by Crippen LogP contribution is -2.18. The molecule has 0 saturated heterocycles. The third-order valence-electron chi connectivity index (χ3n) is 3.12. The molecule has 1 aliphatic heterocycles. The predicted molar refractivity (Wildman–Crippen MR) is 99.8 cm³/mol. The number of aliphatic carboxylic acids is 1. The molecule has 1 aliphatic carbocycles. The molecule has 130 valence electrons. The highest BCUT2D eigenvalue weighted by Gasteiger charge is 2.26. The molecule has 1 atom stereocenters. The predicted octanol–water partition coefficient (Wildman–Crippen LogP) is 2.72. The summed E-state index contributed by atoms with van der Waals surface area (Å²) in [5, 5.41) is 26.8. The zero-order valence-electron chi connectivity index (χ0n) is 12.5. The number of alkyl halides is 1. The van der Waals surface area contributed by atoms with Crippen molar-refractivity contribution in [2.45, 2.75) is 4.51 Å². The summed E-state index contributed by atoms with van der Waals surface area (Å²) in [5.74, 6) is -2.07. The molecule has 0 saturated carbocycles. The molecule has 5 N–H and O–H groups in total. The summed E-state index contributed by atoms with van der Waals surface area (Å²) in [6.07, 6.45) is 6.00. The number of hydrogen-bond acceptors (Lipinski definition) is 5. The SMILES string of the molecule is Nc1cc(Br)ccc1C(=O)O.O=C(O)C1=CC2=CC(O)(Br)C=CC2=N1. The topological polar surface area (TPSA) is 133 Å². The second kappa shape index (κ2) is 7.34. The van der Waals surface area contributed by atoms with E-state index in [0.29, 0.717) is 11.3 Å². The fourth-order valence-electron chi connectivity index (χ4n) is 2.00. The van der Waals surface area contributed by atoms with E-state index in [0.717, 1.165) is 4.47 Å². The van der Waals surface area contributed by atoms with Crippen LogP contribution in [0.5, 0.6) is 0 Å². The fourth-order valence-corrected chi connectivity index (χ4v) is 2.75. The summed E-state index contributed by atoms with van der Waals surface area (Å²) in [6.45, 7) is 0. The summed E-state index contributed by atoms with van der Waals surface area (Å²) in [4.78, 5) is 24.9. The van der Waals surface area contributed by atoms with Gasteiger partial charge in [0.05, 0.1) is 11.3 Å². The molecule has 0 fully saturated rings. The molecule has 1 aromatic carbocycles. The number of hydrogen-bond donors (Lipinski definition) is 4. The molecule has 25 heavy (non-hydrogen) atoms. The fraction of sp³-hybridized carbons (Fsp3) is 0.0625. The summed E-state index contributed by atoms with van der Waals surface area (Å²) >= 11 is 6.22. The van der Waals surface area contributed by atoms with E-state index >= 15 is 0 Å². The van der Waals surface area contributed by atoms with E-state index in [2.05, 4.69) is 36.9 Å². The van der Waals surface area contributed by atoms with Crippen molar-refractivity contribution in [1.29, 1.82) is 0 Å². The Balaban J connectivity index is 0.000000186. The van der Waals surface area contributed by atoms with Crippen molar-refractivity contribution in [2.75, 3.05) is 5.73 Å². The number of aliphatic hydroxyl groups is 1. The number of carboxylic acids is 2. The molecule has 3 rings (SSSR count). The van der Waals surface area contributed by atoms with Crippen LogP contribution in [0.25, 0.3) is 0 Å². The molecular weight excluding hydrogens is 460 g/mol. The molecule has 7 nitrogen and oxygen atoms in total. The molecule has 1 unspecified atom stereocenters. The van der Waals surface area contributed by atoms with Crippen LogP contribution in [-0.4, -0.2) is 37.5 Å². The summed E-state index contributed by atoms with van der Waals surface area (Å²) < 4.78 is -0.425. The van der Waals surface area contributed by atoms with E-state index in [1.165, 1.54) is 24.3 Å². The van der Waals surface area contributed by atoms with Crippen LogP contribution in [0.3, 0.4) is 0 Å². The molecule has 0 amide bonds. The maximum absolute atomic E-state index is 10.6. The summed E-state index contributed by atoms with van der Waals surface area (Å²) in [5.41, 5.74) is 6.98. The van der Waals surface area contributed by atoms with Gasteiger partial charge < -0.3 is 21.1 Å². The number of fused-ring (bicyclic) bond motifs is 1. The minimum atomic E-state index is -1.20. The number of aromatic carboxylic acids is 1. The number of carbonyl (C=O) groups is 2. The van der Waals surface area contributed by atoms with Gasteiger partial charge in [0.15, 0.2) is 4.51 Å². The number of rotatable bonds is 2. The van der Waals surface area contributed by atoms with Crippen molar-refractivity contribution in [1.82, 2.24) is 0 Å². The Hall–Kier alpha value is -2.23. The van der Waals surface area contributed by atoms with Crippen LogP contribution in [0, 0.1) is 0 Å². The van der Waals surface area contributed by atoms with Crippen molar-refractivity contribution < 1.29 is 24.9 Å². The van der Waals surface area contributed by atoms with Crippen LogP contribution in [0.1, 0.15) is 10.4 Å². The summed E-state index contributed by atoms with van der Waals surface area (Å²) in [6, 6.07) is 4.66.